The monoisotopic (exact) mass is 359 g/mol. The highest BCUT2D eigenvalue weighted by Crippen LogP contribution is 2.33. The number of nitrogens with one attached hydrogen (secondary N) is 1. The van der Waals surface area contributed by atoms with E-state index in [1.165, 1.54) is 12.3 Å². The van der Waals surface area contributed by atoms with Crippen LogP contribution < -0.4 is 14.8 Å². The molecule has 0 radical (unpaired) electrons. The summed E-state index contributed by atoms with van der Waals surface area (Å²) in [6.45, 7) is 7.23. The zero-order chi connectivity index (χ0) is 18.9. The molecule has 1 aromatic carbocycles. The number of aromatic nitrogens is 1. The molecule has 1 atom stereocenters. The Labute approximate surface area is 153 Å². The van der Waals surface area contributed by atoms with E-state index in [-0.39, 0.29) is 17.5 Å². The normalized spacial score (nSPS) is 11.7. The molecule has 140 valence electrons. The molecule has 26 heavy (non-hydrogen) atoms. The van der Waals surface area contributed by atoms with Crippen molar-refractivity contribution in [3.8, 4) is 11.5 Å². The van der Waals surface area contributed by atoms with Crippen molar-refractivity contribution >= 4 is 11.5 Å². The van der Waals surface area contributed by atoms with Gasteiger partial charge in [0.25, 0.3) is 0 Å². The summed E-state index contributed by atoms with van der Waals surface area (Å²) in [7, 11) is 0. The molecular formula is C19H25N3O4. The van der Waals surface area contributed by atoms with Gasteiger partial charge < -0.3 is 14.8 Å². The van der Waals surface area contributed by atoms with Gasteiger partial charge in [0.05, 0.1) is 24.2 Å². The first-order valence-electron chi connectivity index (χ1n) is 8.82. The Hall–Kier alpha value is -2.83. The molecule has 1 aromatic heterocycles. The topological polar surface area (TPSA) is 86.5 Å². The highest BCUT2D eigenvalue weighted by atomic mass is 16.6. The number of anilines is 1. The van der Waals surface area contributed by atoms with E-state index in [2.05, 4.69) is 10.3 Å². The molecule has 0 bridgehead atoms. The lowest BCUT2D eigenvalue weighted by molar-refractivity contribution is -0.384. The van der Waals surface area contributed by atoms with Crippen LogP contribution in [0, 0.1) is 10.1 Å². The minimum atomic E-state index is -0.445. The van der Waals surface area contributed by atoms with E-state index in [9.17, 15) is 10.1 Å². The van der Waals surface area contributed by atoms with Gasteiger partial charge in [-0.05, 0) is 43.5 Å². The minimum Gasteiger partial charge on any atom is -0.490 e. The first-order chi connectivity index (χ1) is 12.6. The van der Waals surface area contributed by atoms with Crippen LogP contribution in [0.2, 0.25) is 0 Å². The SMILES string of the molecule is CCCOc1ccc(C(C)Nc2ncccc2[N+](=O)[O-])cc1OCCC. The van der Waals surface area contributed by atoms with E-state index < -0.39 is 4.92 Å². The fourth-order valence-corrected chi connectivity index (χ4v) is 2.39. The molecule has 0 aliphatic carbocycles. The summed E-state index contributed by atoms with van der Waals surface area (Å²) >= 11 is 0. The number of nitro groups is 1. The summed E-state index contributed by atoms with van der Waals surface area (Å²) in [6.07, 6.45) is 3.33. The fourth-order valence-electron chi connectivity index (χ4n) is 2.39. The summed E-state index contributed by atoms with van der Waals surface area (Å²) < 4.78 is 11.5. The average Bonchev–Trinajstić information content (AvgIpc) is 2.65. The van der Waals surface area contributed by atoms with E-state index >= 15 is 0 Å². The maximum Gasteiger partial charge on any atom is 0.311 e. The molecule has 7 heteroatoms. The van der Waals surface area contributed by atoms with Gasteiger partial charge in [-0.1, -0.05) is 19.9 Å². The Bertz CT molecular complexity index is 736. The van der Waals surface area contributed by atoms with Gasteiger partial charge in [-0.25, -0.2) is 4.98 Å². The maximum atomic E-state index is 11.1. The van der Waals surface area contributed by atoms with Crippen LogP contribution in [0.1, 0.15) is 45.2 Å². The Balaban J connectivity index is 2.22. The second kappa shape index (κ2) is 9.60. The van der Waals surface area contributed by atoms with E-state index in [0.29, 0.717) is 24.7 Å². The molecule has 0 saturated carbocycles. The number of ether oxygens (including phenoxy) is 2. The summed E-state index contributed by atoms with van der Waals surface area (Å²) in [5, 5.41) is 14.3. The number of hydrogen-bond acceptors (Lipinski definition) is 6. The van der Waals surface area contributed by atoms with Crippen molar-refractivity contribution in [3.05, 3.63) is 52.2 Å². The van der Waals surface area contributed by atoms with Gasteiger partial charge in [0, 0.05) is 12.3 Å². The number of benzene rings is 1. The largest absolute Gasteiger partial charge is 0.490 e. The van der Waals surface area contributed by atoms with Crippen LogP contribution in [0.5, 0.6) is 11.5 Å². The van der Waals surface area contributed by atoms with Crippen LogP contribution in [-0.4, -0.2) is 23.1 Å². The second-order valence-corrected chi connectivity index (χ2v) is 5.90. The van der Waals surface area contributed by atoms with Crippen LogP contribution in [0.25, 0.3) is 0 Å². The lowest BCUT2D eigenvalue weighted by Crippen LogP contribution is -2.10. The predicted molar refractivity (Wildman–Crippen MR) is 101 cm³/mol. The molecule has 0 amide bonds. The van der Waals surface area contributed by atoms with Gasteiger partial charge in [0.2, 0.25) is 5.82 Å². The van der Waals surface area contributed by atoms with Crippen LogP contribution >= 0.6 is 0 Å². The highest BCUT2D eigenvalue weighted by molar-refractivity contribution is 5.56. The molecule has 0 aliphatic rings. The van der Waals surface area contributed by atoms with Crippen molar-refractivity contribution in [1.82, 2.24) is 4.98 Å². The molecule has 7 nitrogen and oxygen atoms in total. The van der Waals surface area contributed by atoms with Crippen molar-refractivity contribution < 1.29 is 14.4 Å². The van der Waals surface area contributed by atoms with E-state index in [4.69, 9.17) is 9.47 Å². The van der Waals surface area contributed by atoms with Gasteiger partial charge >= 0.3 is 5.69 Å². The highest BCUT2D eigenvalue weighted by Gasteiger charge is 2.18. The van der Waals surface area contributed by atoms with Gasteiger partial charge in [0.1, 0.15) is 0 Å². The first kappa shape index (κ1) is 19.5. The summed E-state index contributed by atoms with van der Waals surface area (Å²) in [6, 6.07) is 8.50. The average molecular weight is 359 g/mol. The molecule has 0 fully saturated rings. The van der Waals surface area contributed by atoms with Crippen molar-refractivity contribution in [2.75, 3.05) is 18.5 Å². The third-order valence-electron chi connectivity index (χ3n) is 3.73. The maximum absolute atomic E-state index is 11.1. The number of nitrogens with zero attached hydrogens (tertiary/aromatic N) is 2. The molecule has 1 N–H and O–H groups in total. The molecule has 1 unspecified atom stereocenters. The quantitative estimate of drug-likeness (QED) is 0.487. The summed E-state index contributed by atoms with van der Waals surface area (Å²) in [5.74, 6) is 1.63. The molecule has 1 heterocycles. The smallest absolute Gasteiger partial charge is 0.311 e. The van der Waals surface area contributed by atoms with Crippen LogP contribution in [0.15, 0.2) is 36.5 Å². The minimum absolute atomic E-state index is 0.0512. The zero-order valence-electron chi connectivity index (χ0n) is 15.4. The van der Waals surface area contributed by atoms with E-state index in [1.807, 2.05) is 39.0 Å². The van der Waals surface area contributed by atoms with Crippen LogP contribution in [0.3, 0.4) is 0 Å². The Morgan fingerprint density at radius 1 is 1.15 bits per heavy atom. The predicted octanol–water partition coefficient (Wildman–Crippen LogP) is 4.74. The fraction of sp³-hybridized carbons (Fsp3) is 0.421. The van der Waals surface area contributed by atoms with Gasteiger partial charge in [-0.2, -0.15) is 0 Å². The zero-order valence-corrected chi connectivity index (χ0v) is 15.4. The van der Waals surface area contributed by atoms with Crippen molar-refractivity contribution in [3.63, 3.8) is 0 Å². The lowest BCUT2D eigenvalue weighted by Gasteiger charge is -2.18. The lowest BCUT2D eigenvalue weighted by atomic mass is 10.1. The molecule has 0 spiro atoms. The number of rotatable bonds is 10. The Kier molecular flexibility index (Phi) is 7.20. The molecule has 0 aliphatic heterocycles. The first-order valence-corrected chi connectivity index (χ1v) is 8.82. The third kappa shape index (κ3) is 5.08. The summed E-state index contributed by atoms with van der Waals surface area (Å²) in [5.41, 5.74) is 0.879. The van der Waals surface area contributed by atoms with Crippen LogP contribution in [0.4, 0.5) is 11.5 Å². The molecular weight excluding hydrogens is 334 g/mol. The molecule has 2 rings (SSSR count). The van der Waals surface area contributed by atoms with Crippen LogP contribution in [-0.2, 0) is 0 Å². The van der Waals surface area contributed by atoms with Gasteiger partial charge in [-0.3, -0.25) is 10.1 Å². The van der Waals surface area contributed by atoms with E-state index in [0.717, 1.165) is 18.4 Å². The van der Waals surface area contributed by atoms with Crippen molar-refractivity contribution in [2.24, 2.45) is 0 Å². The van der Waals surface area contributed by atoms with Crippen molar-refractivity contribution in [2.45, 2.75) is 39.7 Å². The Morgan fingerprint density at radius 2 is 1.85 bits per heavy atom. The Morgan fingerprint density at radius 3 is 2.50 bits per heavy atom. The molecule has 0 saturated heterocycles. The van der Waals surface area contributed by atoms with Gasteiger partial charge in [-0.15, -0.1) is 0 Å². The standard InChI is InChI=1S/C19H25N3O4/c1-4-11-25-17-9-8-15(13-18(17)26-12-5-2)14(3)21-19-16(22(23)24)7-6-10-20-19/h6-10,13-14H,4-5,11-12H2,1-3H3,(H,20,21). The second-order valence-electron chi connectivity index (χ2n) is 5.90. The number of hydrogen-bond donors (Lipinski definition) is 1. The molecule has 2 aromatic rings. The van der Waals surface area contributed by atoms with Gasteiger partial charge in [0.15, 0.2) is 11.5 Å². The third-order valence-corrected chi connectivity index (χ3v) is 3.73. The number of pyridine rings is 1. The van der Waals surface area contributed by atoms with E-state index in [1.54, 1.807) is 6.07 Å². The van der Waals surface area contributed by atoms with Crippen molar-refractivity contribution in [1.29, 1.82) is 0 Å². The summed E-state index contributed by atoms with van der Waals surface area (Å²) in [4.78, 5) is 14.8.